The fourth-order valence-corrected chi connectivity index (χ4v) is 1.90. The molecule has 0 aliphatic rings. The van der Waals surface area contributed by atoms with Crippen molar-refractivity contribution < 1.29 is 8.91 Å². The van der Waals surface area contributed by atoms with E-state index >= 15 is 0 Å². The second-order valence-electron chi connectivity index (χ2n) is 3.72. The Morgan fingerprint density at radius 3 is 2.94 bits per heavy atom. The monoisotopic (exact) mass is 254 g/mol. The van der Waals surface area contributed by atoms with Gasteiger partial charge in [0, 0.05) is 12.0 Å². The molecule has 2 N–H and O–H groups in total. The number of nitrogen functional groups attached to an aromatic ring is 1. The van der Waals surface area contributed by atoms with Crippen LogP contribution < -0.4 is 5.73 Å². The Morgan fingerprint density at radius 2 is 2.24 bits per heavy atom. The lowest BCUT2D eigenvalue weighted by molar-refractivity contribution is 0.385. The van der Waals surface area contributed by atoms with Crippen molar-refractivity contribution in [1.29, 1.82) is 0 Å². The van der Waals surface area contributed by atoms with Crippen LogP contribution in [-0.2, 0) is 6.42 Å². The summed E-state index contributed by atoms with van der Waals surface area (Å²) in [6, 6.07) is 4.77. The van der Waals surface area contributed by atoms with Gasteiger partial charge in [-0.25, -0.2) is 4.39 Å². The Kier molecular flexibility index (Phi) is 3.33. The first kappa shape index (κ1) is 11.9. The molecule has 0 aliphatic carbocycles. The molecule has 0 amide bonds. The quantitative estimate of drug-likeness (QED) is 0.909. The fraction of sp³-hybridized carbons (Fsp3) is 0.250. The highest BCUT2D eigenvalue weighted by atomic mass is 35.5. The van der Waals surface area contributed by atoms with Gasteiger partial charge < -0.3 is 10.3 Å². The van der Waals surface area contributed by atoms with Gasteiger partial charge in [-0.05, 0) is 12.5 Å². The van der Waals surface area contributed by atoms with Crippen molar-refractivity contribution in [2.24, 2.45) is 0 Å². The molecule has 0 spiro atoms. The number of nitrogens with two attached hydrogens (primary N) is 1. The zero-order valence-corrected chi connectivity index (χ0v) is 10.1. The number of hydrogen-bond donors (Lipinski definition) is 1. The van der Waals surface area contributed by atoms with Crippen molar-refractivity contribution in [2.75, 3.05) is 5.73 Å². The van der Waals surface area contributed by atoms with E-state index in [4.69, 9.17) is 21.9 Å². The van der Waals surface area contributed by atoms with Crippen molar-refractivity contribution in [2.45, 2.75) is 19.8 Å². The van der Waals surface area contributed by atoms with Gasteiger partial charge in [0.05, 0.1) is 10.6 Å². The zero-order chi connectivity index (χ0) is 12.4. The molecule has 90 valence electrons. The molecule has 0 radical (unpaired) electrons. The van der Waals surface area contributed by atoms with E-state index < -0.39 is 5.82 Å². The first-order valence-electron chi connectivity index (χ1n) is 5.33. The summed E-state index contributed by atoms with van der Waals surface area (Å²) in [4.78, 5) is 0. The summed E-state index contributed by atoms with van der Waals surface area (Å²) in [5.74, 6) is 0.280. The summed E-state index contributed by atoms with van der Waals surface area (Å²) < 4.78 is 19.0. The van der Waals surface area contributed by atoms with E-state index in [1.54, 1.807) is 12.1 Å². The molecule has 3 nitrogen and oxygen atoms in total. The summed E-state index contributed by atoms with van der Waals surface area (Å²) in [5, 5.41) is 3.74. The summed E-state index contributed by atoms with van der Waals surface area (Å²) in [6.45, 7) is 2.00. The number of aryl methyl sites for hydroxylation is 1. The van der Waals surface area contributed by atoms with Crippen LogP contribution in [0, 0.1) is 5.82 Å². The minimum absolute atomic E-state index is 0.0607. The lowest BCUT2D eigenvalue weighted by Crippen LogP contribution is -1.93. The molecular formula is C12H12ClFN2O. The van der Waals surface area contributed by atoms with Crippen LogP contribution in [0.5, 0.6) is 0 Å². The van der Waals surface area contributed by atoms with Gasteiger partial charge in [-0.3, -0.25) is 0 Å². The Hall–Kier alpha value is -1.55. The zero-order valence-electron chi connectivity index (χ0n) is 9.34. The first-order chi connectivity index (χ1) is 8.15. The van der Waals surface area contributed by atoms with Crippen LogP contribution in [0.25, 0.3) is 11.1 Å². The van der Waals surface area contributed by atoms with Gasteiger partial charge in [-0.1, -0.05) is 35.8 Å². The highest BCUT2D eigenvalue weighted by Gasteiger charge is 2.19. The maximum atomic E-state index is 13.9. The van der Waals surface area contributed by atoms with Gasteiger partial charge in [0.15, 0.2) is 5.82 Å². The normalized spacial score (nSPS) is 10.8. The average Bonchev–Trinajstić information content (AvgIpc) is 2.65. The summed E-state index contributed by atoms with van der Waals surface area (Å²) >= 11 is 5.75. The van der Waals surface area contributed by atoms with Crippen molar-refractivity contribution in [3.63, 3.8) is 0 Å². The molecule has 0 bridgehead atoms. The van der Waals surface area contributed by atoms with Crippen molar-refractivity contribution in [3.05, 3.63) is 34.8 Å². The molecule has 1 aromatic heterocycles. The van der Waals surface area contributed by atoms with Crippen molar-refractivity contribution >= 4 is 17.4 Å². The maximum absolute atomic E-state index is 13.9. The predicted molar refractivity (Wildman–Crippen MR) is 65.3 cm³/mol. The van der Waals surface area contributed by atoms with E-state index in [1.165, 1.54) is 6.07 Å². The van der Waals surface area contributed by atoms with E-state index in [2.05, 4.69) is 5.16 Å². The summed E-state index contributed by atoms with van der Waals surface area (Å²) in [7, 11) is 0. The van der Waals surface area contributed by atoms with Crippen molar-refractivity contribution in [3.8, 4) is 11.1 Å². The van der Waals surface area contributed by atoms with E-state index in [1.807, 2.05) is 6.92 Å². The lowest BCUT2D eigenvalue weighted by Gasteiger charge is -2.04. The van der Waals surface area contributed by atoms with Crippen LogP contribution in [0.15, 0.2) is 22.7 Å². The van der Waals surface area contributed by atoms with E-state index in [0.717, 1.165) is 6.42 Å². The number of nitrogens with zero attached hydrogens (tertiary/aromatic N) is 1. The molecule has 2 aromatic rings. The Labute approximate surface area is 103 Å². The highest BCUT2D eigenvalue weighted by molar-refractivity contribution is 6.31. The Morgan fingerprint density at radius 1 is 1.47 bits per heavy atom. The molecule has 0 unspecified atom stereocenters. The highest BCUT2D eigenvalue weighted by Crippen LogP contribution is 2.34. The SMILES string of the molecule is CCCc1onc(N)c1-c1cccc(Cl)c1F. The third-order valence-corrected chi connectivity index (χ3v) is 2.78. The summed E-state index contributed by atoms with van der Waals surface area (Å²) in [6.07, 6.45) is 1.52. The molecule has 2 rings (SSSR count). The topological polar surface area (TPSA) is 52.0 Å². The van der Waals surface area contributed by atoms with Crippen LogP contribution in [0.2, 0.25) is 5.02 Å². The first-order valence-corrected chi connectivity index (χ1v) is 5.71. The molecule has 0 saturated carbocycles. The van der Waals surface area contributed by atoms with Gasteiger partial charge >= 0.3 is 0 Å². The number of aromatic nitrogens is 1. The molecule has 0 fully saturated rings. The Balaban J connectivity index is 2.59. The van der Waals surface area contributed by atoms with Crippen LogP contribution >= 0.6 is 11.6 Å². The number of rotatable bonds is 3. The number of halogens is 2. The molecule has 17 heavy (non-hydrogen) atoms. The molecule has 0 atom stereocenters. The van der Waals surface area contributed by atoms with Gasteiger partial charge in [-0.2, -0.15) is 0 Å². The lowest BCUT2D eigenvalue weighted by atomic mass is 10.0. The van der Waals surface area contributed by atoms with E-state index in [-0.39, 0.29) is 10.8 Å². The molecule has 1 aromatic carbocycles. The van der Waals surface area contributed by atoms with Crippen LogP contribution in [0.4, 0.5) is 10.2 Å². The molecule has 0 aliphatic heterocycles. The standard InChI is InChI=1S/C12H12ClFN2O/c1-2-4-9-10(12(15)16-17-9)7-5-3-6-8(13)11(7)14/h3,5-6H,2,4H2,1H3,(H2,15,16). The van der Waals surface area contributed by atoms with E-state index in [0.29, 0.717) is 23.3 Å². The second-order valence-corrected chi connectivity index (χ2v) is 4.12. The largest absolute Gasteiger partial charge is 0.380 e. The van der Waals surface area contributed by atoms with E-state index in [9.17, 15) is 4.39 Å². The summed E-state index contributed by atoms with van der Waals surface area (Å²) in [5.41, 5.74) is 6.55. The minimum atomic E-state index is -0.499. The van der Waals surface area contributed by atoms with Gasteiger partial charge in [0.1, 0.15) is 11.6 Å². The average molecular weight is 255 g/mol. The van der Waals surface area contributed by atoms with Crippen LogP contribution in [-0.4, -0.2) is 5.16 Å². The second kappa shape index (κ2) is 4.75. The number of anilines is 1. The van der Waals surface area contributed by atoms with Gasteiger partial charge in [0.2, 0.25) is 0 Å². The fourth-order valence-electron chi connectivity index (χ4n) is 1.72. The molecule has 5 heteroatoms. The third-order valence-electron chi connectivity index (χ3n) is 2.49. The van der Waals surface area contributed by atoms with Crippen LogP contribution in [0.3, 0.4) is 0 Å². The smallest absolute Gasteiger partial charge is 0.175 e. The predicted octanol–water partition coefficient (Wildman–Crippen LogP) is 3.67. The van der Waals surface area contributed by atoms with Crippen molar-refractivity contribution in [1.82, 2.24) is 5.16 Å². The van der Waals surface area contributed by atoms with Crippen LogP contribution in [0.1, 0.15) is 19.1 Å². The minimum Gasteiger partial charge on any atom is -0.380 e. The molecule has 0 saturated heterocycles. The third kappa shape index (κ3) is 2.13. The molecular weight excluding hydrogens is 243 g/mol. The number of hydrogen-bond acceptors (Lipinski definition) is 3. The molecule has 1 heterocycles. The van der Waals surface area contributed by atoms with Gasteiger partial charge in [-0.15, -0.1) is 0 Å². The van der Waals surface area contributed by atoms with Gasteiger partial charge in [0.25, 0.3) is 0 Å². The number of benzene rings is 1. The maximum Gasteiger partial charge on any atom is 0.175 e. The Bertz CT molecular complexity index is 539.